The van der Waals surface area contributed by atoms with Crippen LogP contribution in [0.1, 0.15) is 44.3 Å². The molecule has 1 aliphatic carbocycles. The lowest BCUT2D eigenvalue weighted by atomic mass is 9.94. The van der Waals surface area contributed by atoms with Gasteiger partial charge >= 0.3 is 0 Å². The molecule has 2 fully saturated rings. The zero-order chi connectivity index (χ0) is 18.0. The van der Waals surface area contributed by atoms with E-state index >= 15 is 0 Å². The Labute approximate surface area is 153 Å². The first-order valence-corrected chi connectivity index (χ1v) is 9.70. The molecule has 26 heavy (non-hydrogen) atoms. The number of nitrogens with one attached hydrogen (secondary N) is 2. The summed E-state index contributed by atoms with van der Waals surface area (Å²) in [5.41, 5.74) is 0.268. The van der Waals surface area contributed by atoms with Gasteiger partial charge in [0.1, 0.15) is 11.4 Å². The van der Waals surface area contributed by atoms with Crippen molar-refractivity contribution in [1.82, 2.24) is 20.2 Å². The largest absolute Gasteiger partial charge is 0.354 e. The van der Waals surface area contributed by atoms with Gasteiger partial charge in [-0.1, -0.05) is 25.0 Å². The molecular weight excluding hydrogens is 328 g/mol. The fourth-order valence-electron chi connectivity index (χ4n) is 4.50. The van der Waals surface area contributed by atoms with Gasteiger partial charge in [-0.2, -0.15) is 0 Å². The Balaban J connectivity index is 1.42. The third kappa shape index (κ3) is 3.14. The van der Waals surface area contributed by atoms with Gasteiger partial charge in [-0.05, 0) is 50.9 Å². The van der Waals surface area contributed by atoms with Crippen LogP contribution in [0.2, 0.25) is 0 Å². The Morgan fingerprint density at radius 2 is 1.88 bits per heavy atom. The van der Waals surface area contributed by atoms with Gasteiger partial charge in [0.05, 0.1) is 10.9 Å². The highest BCUT2D eigenvalue weighted by Gasteiger charge is 2.46. The number of benzene rings is 1. The lowest BCUT2D eigenvalue weighted by Crippen LogP contribution is -2.56. The van der Waals surface area contributed by atoms with Crippen molar-refractivity contribution in [3.05, 3.63) is 40.4 Å². The molecule has 0 bridgehead atoms. The number of nitrogens with zero attached hydrogens (tertiary/aromatic N) is 2. The van der Waals surface area contributed by atoms with Crippen LogP contribution < -0.4 is 10.9 Å². The number of para-hydroxylation sites is 1. The van der Waals surface area contributed by atoms with Crippen molar-refractivity contribution >= 4 is 16.8 Å². The average Bonchev–Trinajstić information content (AvgIpc) is 3.34. The first-order chi connectivity index (χ1) is 12.7. The van der Waals surface area contributed by atoms with Crippen LogP contribution in [-0.2, 0) is 11.2 Å². The van der Waals surface area contributed by atoms with Gasteiger partial charge in [0.15, 0.2) is 0 Å². The first kappa shape index (κ1) is 17.2. The molecule has 2 N–H and O–H groups in total. The topological polar surface area (TPSA) is 78.1 Å². The minimum absolute atomic E-state index is 0.124. The zero-order valence-corrected chi connectivity index (χ0v) is 15.1. The van der Waals surface area contributed by atoms with Crippen molar-refractivity contribution in [2.45, 2.75) is 50.5 Å². The summed E-state index contributed by atoms with van der Waals surface area (Å²) in [6.07, 6.45) is 7.09. The van der Waals surface area contributed by atoms with Crippen LogP contribution in [0.25, 0.3) is 10.9 Å². The van der Waals surface area contributed by atoms with E-state index in [1.807, 2.05) is 18.2 Å². The molecule has 1 saturated carbocycles. The quantitative estimate of drug-likeness (QED) is 0.861. The highest BCUT2D eigenvalue weighted by atomic mass is 16.2. The lowest BCUT2D eigenvalue weighted by Gasteiger charge is -2.37. The van der Waals surface area contributed by atoms with Gasteiger partial charge in [0.2, 0.25) is 5.91 Å². The van der Waals surface area contributed by atoms with Gasteiger partial charge in [-0.25, -0.2) is 4.98 Å². The Morgan fingerprint density at radius 3 is 2.65 bits per heavy atom. The van der Waals surface area contributed by atoms with Crippen LogP contribution in [0.5, 0.6) is 0 Å². The molecule has 1 saturated heterocycles. The molecule has 1 aromatic carbocycles. The number of hydrogen-bond donors (Lipinski definition) is 2. The molecule has 1 aliphatic heterocycles. The average molecular weight is 354 g/mol. The van der Waals surface area contributed by atoms with E-state index in [1.165, 1.54) is 12.8 Å². The van der Waals surface area contributed by atoms with Crippen LogP contribution in [0.4, 0.5) is 0 Å². The lowest BCUT2D eigenvalue weighted by molar-refractivity contribution is -0.132. The third-order valence-corrected chi connectivity index (χ3v) is 5.87. The molecule has 2 aromatic rings. The standard InChI is InChI=1S/C20H26N4O2/c25-18-15-7-1-2-8-16(15)22-17(23-18)9-12-21-19(26)20(10-3-4-11-20)24-13-5-6-14-24/h1-2,7-8H,3-6,9-14H2,(H,21,26)(H,22,23,25). The summed E-state index contributed by atoms with van der Waals surface area (Å²) < 4.78 is 0. The van der Waals surface area contributed by atoms with E-state index in [9.17, 15) is 9.59 Å². The molecule has 1 amide bonds. The molecular formula is C20H26N4O2. The van der Waals surface area contributed by atoms with Crippen molar-refractivity contribution in [2.24, 2.45) is 0 Å². The van der Waals surface area contributed by atoms with Crippen molar-refractivity contribution in [1.29, 1.82) is 0 Å². The van der Waals surface area contributed by atoms with Crippen LogP contribution >= 0.6 is 0 Å². The summed E-state index contributed by atoms with van der Waals surface area (Å²) in [6.45, 7) is 2.57. The smallest absolute Gasteiger partial charge is 0.258 e. The number of hydrogen-bond acceptors (Lipinski definition) is 4. The second-order valence-corrected chi connectivity index (χ2v) is 7.47. The molecule has 4 rings (SSSR count). The number of aromatic nitrogens is 2. The summed E-state index contributed by atoms with van der Waals surface area (Å²) in [6, 6.07) is 7.32. The number of fused-ring (bicyclic) bond motifs is 1. The highest BCUT2D eigenvalue weighted by molar-refractivity contribution is 5.86. The zero-order valence-electron chi connectivity index (χ0n) is 15.1. The Morgan fingerprint density at radius 1 is 1.15 bits per heavy atom. The van der Waals surface area contributed by atoms with Gasteiger partial charge in [-0.3, -0.25) is 14.5 Å². The van der Waals surface area contributed by atoms with Crippen LogP contribution in [-0.4, -0.2) is 45.9 Å². The highest BCUT2D eigenvalue weighted by Crippen LogP contribution is 2.37. The molecule has 1 aromatic heterocycles. The van der Waals surface area contributed by atoms with Crippen LogP contribution in [0.3, 0.4) is 0 Å². The van der Waals surface area contributed by atoms with Crippen molar-refractivity contribution < 1.29 is 4.79 Å². The molecule has 6 heteroatoms. The number of amides is 1. The third-order valence-electron chi connectivity index (χ3n) is 5.87. The second kappa shape index (κ2) is 7.19. The predicted molar refractivity (Wildman–Crippen MR) is 101 cm³/mol. The normalized spacial score (nSPS) is 19.8. The summed E-state index contributed by atoms with van der Waals surface area (Å²) >= 11 is 0. The Hall–Kier alpha value is -2.21. The van der Waals surface area contributed by atoms with E-state index in [2.05, 4.69) is 20.2 Å². The number of carbonyl (C=O) groups is 1. The van der Waals surface area contributed by atoms with Gasteiger partial charge in [0.25, 0.3) is 5.56 Å². The fourth-order valence-corrected chi connectivity index (χ4v) is 4.50. The van der Waals surface area contributed by atoms with Crippen molar-refractivity contribution in [3.8, 4) is 0 Å². The number of likely N-dealkylation sites (tertiary alicyclic amines) is 1. The maximum atomic E-state index is 13.0. The Bertz CT molecular complexity index is 848. The van der Waals surface area contributed by atoms with Gasteiger partial charge in [-0.15, -0.1) is 0 Å². The monoisotopic (exact) mass is 354 g/mol. The van der Waals surface area contributed by atoms with E-state index in [-0.39, 0.29) is 17.0 Å². The van der Waals surface area contributed by atoms with E-state index in [0.29, 0.717) is 29.7 Å². The molecule has 2 heterocycles. The molecule has 0 unspecified atom stereocenters. The summed E-state index contributed by atoms with van der Waals surface area (Å²) in [5, 5.41) is 3.71. The SMILES string of the molecule is O=C(NCCc1nc2ccccc2c(=O)[nH]1)C1(N2CCCC2)CCCC1. The van der Waals surface area contributed by atoms with Crippen LogP contribution in [0.15, 0.2) is 29.1 Å². The fraction of sp³-hybridized carbons (Fsp3) is 0.550. The minimum atomic E-state index is -0.305. The molecule has 0 spiro atoms. The number of rotatable bonds is 5. The minimum Gasteiger partial charge on any atom is -0.354 e. The molecule has 0 atom stereocenters. The number of carbonyl (C=O) groups excluding carboxylic acids is 1. The molecule has 2 aliphatic rings. The summed E-state index contributed by atoms with van der Waals surface area (Å²) in [4.78, 5) is 34.9. The maximum Gasteiger partial charge on any atom is 0.258 e. The predicted octanol–water partition coefficient (Wildman–Crippen LogP) is 1.99. The number of H-pyrrole nitrogens is 1. The van der Waals surface area contributed by atoms with Gasteiger partial charge in [0, 0.05) is 13.0 Å². The van der Waals surface area contributed by atoms with E-state index in [0.717, 1.165) is 38.8 Å². The van der Waals surface area contributed by atoms with Crippen molar-refractivity contribution in [3.63, 3.8) is 0 Å². The molecule has 138 valence electrons. The van der Waals surface area contributed by atoms with Crippen LogP contribution in [0, 0.1) is 0 Å². The second-order valence-electron chi connectivity index (χ2n) is 7.47. The Kier molecular flexibility index (Phi) is 4.76. The first-order valence-electron chi connectivity index (χ1n) is 9.70. The molecule has 6 nitrogen and oxygen atoms in total. The number of aromatic amines is 1. The van der Waals surface area contributed by atoms with E-state index in [1.54, 1.807) is 6.07 Å². The summed E-state index contributed by atoms with van der Waals surface area (Å²) in [7, 11) is 0. The van der Waals surface area contributed by atoms with E-state index < -0.39 is 0 Å². The van der Waals surface area contributed by atoms with Gasteiger partial charge < -0.3 is 10.3 Å². The van der Waals surface area contributed by atoms with E-state index in [4.69, 9.17) is 0 Å². The van der Waals surface area contributed by atoms with Crippen molar-refractivity contribution in [2.75, 3.05) is 19.6 Å². The summed E-state index contributed by atoms with van der Waals surface area (Å²) in [5.74, 6) is 0.774. The maximum absolute atomic E-state index is 13.0. The molecule has 0 radical (unpaired) electrons.